The van der Waals surface area contributed by atoms with Gasteiger partial charge in [-0.2, -0.15) is 0 Å². The monoisotopic (exact) mass is 422 g/mol. The molecule has 2 aliphatic rings. The van der Waals surface area contributed by atoms with Gasteiger partial charge in [-0.3, -0.25) is 0 Å². The van der Waals surface area contributed by atoms with E-state index in [0.29, 0.717) is 39.4 Å². The van der Waals surface area contributed by atoms with Crippen LogP contribution in [0.2, 0.25) is 0 Å². The second-order valence-corrected chi connectivity index (χ2v) is 10.3. The smallest absolute Gasteiger partial charge is 0.353 e. The lowest BCUT2D eigenvalue weighted by molar-refractivity contribution is 0.0789. The molecule has 0 radical (unpaired) electrons. The Labute approximate surface area is 169 Å². The summed E-state index contributed by atoms with van der Waals surface area (Å²) < 4.78 is 31.5. The molecule has 8 heteroatoms. The molecule has 1 atom stereocenters. The van der Waals surface area contributed by atoms with Crippen molar-refractivity contribution < 1.29 is 18.5 Å². The van der Waals surface area contributed by atoms with E-state index in [0.717, 1.165) is 36.8 Å². The Balaban J connectivity index is 1.62. The number of anilines is 1. The highest BCUT2D eigenvalue weighted by Crippen LogP contribution is 2.41. The van der Waals surface area contributed by atoms with Crippen molar-refractivity contribution in [2.75, 3.05) is 5.32 Å². The minimum absolute atomic E-state index is 0.0984. The van der Waals surface area contributed by atoms with Crippen LogP contribution in [0.1, 0.15) is 54.5 Å². The number of urea groups is 1. The molecule has 0 spiro atoms. The number of halogens is 1. The van der Waals surface area contributed by atoms with Crippen molar-refractivity contribution in [1.29, 1.82) is 0 Å². The average molecular weight is 423 g/mol. The van der Waals surface area contributed by atoms with E-state index >= 15 is 0 Å². The summed E-state index contributed by atoms with van der Waals surface area (Å²) in [6.07, 6.45) is 4.61. The minimum Gasteiger partial charge on any atom is -0.386 e. The van der Waals surface area contributed by atoms with Gasteiger partial charge in [0.2, 0.25) is 0 Å². The molecule has 2 N–H and O–H groups in total. The largest absolute Gasteiger partial charge is 0.386 e. The van der Waals surface area contributed by atoms with Crippen LogP contribution in [0.15, 0.2) is 20.0 Å². The number of thiol groups is 1. The minimum atomic E-state index is -2.26. The number of amides is 2. The molecule has 0 aliphatic heterocycles. The molecule has 0 bridgehead atoms. The van der Waals surface area contributed by atoms with Crippen molar-refractivity contribution in [2.45, 2.75) is 62.2 Å². The number of nitrogens with one attached hydrogen (secondary N) is 1. The van der Waals surface area contributed by atoms with Crippen LogP contribution in [-0.2, 0) is 41.9 Å². The number of carbonyl (C=O) groups excluding carboxylic acids is 1. The number of benzene rings is 1. The van der Waals surface area contributed by atoms with E-state index in [2.05, 4.69) is 9.68 Å². The molecule has 1 aromatic heterocycles. The van der Waals surface area contributed by atoms with Gasteiger partial charge in [0.15, 0.2) is 0 Å². The number of nitrogens with zero attached hydrogens (tertiary/aromatic N) is 1. The molecule has 1 aromatic carbocycles. The van der Waals surface area contributed by atoms with E-state index in [1.807, 2.05) is 0 Å². The third-order valence-electron chi connectivity index (χ3n) is 5.46. The van der Waals surface area contributed by atoms with Crippen LogP contribution in [-0.4, -0.2) is 15.3 Å². The molecule has 1 heterocycles. The summed E-state index contributed by atoms with van der Waals surface area (Å²) in [4.78, 5) is 12.5. The number of hydrogen-bond donors (Lipinski definition) is 3. The summed E-state index contributed by atoms with van der Waals surface area (Å²) in [5.74, 6) is -0.0984. The molecular formula is C20H23FN2O3S2. The van der Waals surface area contributed by atoms with E-state index in [9.17, 15) is 18.5 Å². The van der Waals surface area contributed by atoms with Gasteiger partial charge in [0, 0.05) is 5.69 Å². The van der Waals surface area contributed by atoms with Crippen molar-refractivity contribution in [3.05, 3.63) is 45.1 Å². The maximum atomic E-state index is 14.7. The molecule has 2 amide bonds. The number of fused-ring (bicyclic) bond motifs is 2. The second-order valence-electron chi connectivity index (χ2n) is 7.85. The Morgan fingerprint density at radius 1 is 1.18 bits per heavy atom. The number of thiophene rings is 1. The predicted molar refractivity (Wildman–Crippen MR) is 109 cm³/mol. The van der Waals surface area contributed by atoms with Crippen LogP contribution < -0.4 is 5.32 Å². The summed E-state index contributed by atoms with van der Waals surface area (Å²) >= 11 is 1.21. The van der Waals surface area contributed by atoms with Gasteiger partial charge in [-0.15, -0.1) is 15.7 Å². The number of rotatable bonds is 3. The zero-order valence-electron chi connectivity index (χ0n) is 15.8. The van der Waals surface area contributed by atoms with Crippen LogP contribution >= 0.6 is 11.3 Å². The van der Waals surface area contributed by atoms with Gasteiger partial charge in [-0.1, -0.05) is 0 Å². The number of aliphatic hydroxyl groups is 1. The van der Waals surface area contributed by atoms with E-state index < -0.39 is 22.2 Å². The lowest BCUT2D eigenvalue weighted by atomic mass is 9.98. The van der Waals surface area contributed by atoms with Gasteiger partial charge in [0.1, 0.15) is 5.82 Å². The zero-order valence-corrected chi connectivity index (χ0v) is 17.6. The Morgan fingerprint density at radius 3 is 2.29 bits per heavy atom. The molecule has 0 saturated carbocycles. The fraction of sp³-hybridized carbons (Fsp3) is 0.450. The first kappa shape index (κ1) is 19.5. The van der Waals surface area contributed by atoms with Crippen LogP contribution in [0.3, 0.4) is 0 Å². The summed E-state index contributed by atoms with van der Waals surface area (Å²) in [5, 5.41) is 14.6. The molecule has 2 aromatic rings. The maximum Gasteiger partial charge on any atom is 0.353 e. The lowest BCUT2D eigenvalue weighted by Crippen LogP contribution is -2.14. The molecule has 150 valence electrons. The fourth-order valence-electron chi connectivity index (χ4n) is 4.05. The molecule has 5 nitrogen and oxygen atoms in total. The van der Waals surface area contributed by atoms with Gasteiger partial charge in [-0.05, 0) is 91.6 Å². The Bertz CT molecular complexity index is 1010. The highest BCUT2D eigenvalue weighted by molar-refractivity contribution is 7.78. The molecule has 1 unspecified atom stereocenters. The SMILES string of the molecule is CC(C)(O)c1csc(/[SH](=O)=N/C(=O)Nc2c3c(c(F)c4c2CCC4)CCC3)c1. The molecule has 0 fully saturated rings. The number of hydrogen-bond acceptors (Lipinski definition) is 4. The second kappa shape index (κ2) is 7.24. The topological polar surface area (TPSA) is 78.8 Å². The van der Waals surface area contributed by atoms with Crippen LogP contribution in [0, 0.1) is 5.82 Å². The van der Waals surface area contributed by atoms with Crippen molar-refractivity contribution in [3.63, 3.8) is 0 Å². The Hall–Kier alpha value is -1.77. The Morgan fingerprint density at radius 2 is 1.75 bits per heavy atom. The highest BCUT2D eigenvalue weighted by Gasteiger charge is 2.29. The van der Waals surface area contributed by atoms with Crippen LogP contribution in [0.5, 0.6) is 0 Å². The standard InChI is InChI=1S/C20H23FN2O3S2/c1-20(2,25)11-9-16(27-10-11)28(26)23-19(24)22-18-14-7-3-5-12(14)17(21)13-6-4-8-15(13)18/h9-10,25,28H,3-8H2,1-2H3,(H,22,24). The molecular weight excluding hydrogens is 399 g/mol. The summed E-state index contributed by atoms with van der Waals surface area (Å²) in [7, 11) is -2.26. The molecule has 28 heavy (non-hydrogen) atoms. The van der Waals surface area contributed by atoms with E-state index in [1.54, 1.807) is 25.3 Å². The highest BCUT2D eigenvalue weighted by atomic mass is 32.2. The first-order valence-electron chi connectivity index (χ1n) is 9.42. The zero-order chi connectivity index (χ0) is 20.1. The van der Waals surface area contributed by atoms with Crippen molar-refractivity contribution in [2.24, 2.45) is 4.36 Å². The summed E-state index contributed by atoms with van der Waals surface area (Å²) in [6, 6.07) is 0.946. The fourth-order valence-corrected chi connectivity index (χ4v) is 6.05. The van der Waals surface area contributed by atoms with E-state index in [1.165, 1.54) is 11.3 Å². The Kier molecular flexibility index (Phi) is 5.05. The third kappa shape index (κ3) is 3.49. The van der Waals surface area contributed by atoms with Gasteiger partial charge in [-0.25, -0.2) is 13.4 Å². The van der Waals surface area contributed by atoms with Crippen LogP contribution in [0.4, 0.5) is 14.9 Å². The first-order valence-corrected chi connectivity index (χ1v) is 11.5. The predicted octanol–water partition coefficient (Wildman–Crippen LogP) is 4.35. The third-order valence-corrected chi connectivity index (χ3v) is 7.85. The van der Waals surface area contributed by atoms with Gasteiger partial charge in [0.05, 0.1) is 20.4 Å². The first-order chi connectivity index (χ1) is 13.3. The van der Waals surface area contributed by atoms with Crippen LogP contribution in [0.25, 0.3) is 0 Å². The van der Waals surface area contributed by atoms with E-state index in [-0.39, 0.29) is 5.82 Å². The van der Waals surface area contributed by atoms with E-state index in [4.69, 9.17) is 0 Å². The number of carbonyl (C=O) groups is 1. The molecule has 4 rings (SSSR count). The van der Waals surface area contributed by atoms with Gasteiger partial charge < -0.3 is 10.4 Å². The molecule has 0 saturated heterocycles. The average Bonchev–Trinajstić information content (AvgIpc) is 3.38. The van der Waals surface area contributed by atoms with Gasteiger partial charge >= 0.3 is 6.03 Å². The quantitative estimate of drug-likeness (QED) is 0.644. The molecule has 2 aliphatic carbocycles. The summed E-state index contributed by atoms with van der Waals surface area (Å²) in [6.45, 7) is 3.29. The normalized spacial score (nSPS) is 16.9. The van der Waals surface area contributed by atoms with Gasteiger partial charge in [0.25, 0.3) is 0 Å². The van der Waals surface area contributed by atoms with Crippen molar-refractivity contribution in [3.8, 4) is 0 Å². The lowest BCUT2D eigenvalue weighted by Gasteiger charge is -2.16. The summed E-state index contributed by atoms with van der Waals surface area (Å²) in [5.41, 5.74) is 3.46. The van der Waals surface area contributed by atoms with Crippen molar-refractivity contribution in [1.82, 2.24) is 0 Å². The maximum absolute atomic E-state index is 14.7. The van der Waals surface area contributed by atoms with Crippen molar-refractivity contribution >= 4 is 33.7 Å².